The van der Waals surface area contributed by atoms with Gasteiger partial charge in [-0.25, -0.2) is 4.79 Å². The van der Waals surface area contributed by atoms with Crippen LogP contribution >= 0.6 is 0 Å². The van der Waals surface area contributed by atoms with E-state index in [1.165, 1.54) is 7.11 Å². The van der Waals surface area contributed by atoms with E-state index in [0.717, 1.165) is 5.56 Å². The fourth-order valence-corrected chi connectivity index (χ4v) is 4.33. The van der Waals surface area contributed by atoms with Crippen LogP contribution in [0.4, 0.5) is 10.5 Å². The Balaban J connectivity index is 1.43. The highest BCUT2D eigenvalue weighted by molar-refractivity contribution is 5.99. The molecule has 0 aliphatic carbocycles. The molecule has 1 fully saturated rings. The average Bonchev–Trinajstić information content (AvgIpc) is 2.86. The minimum Gasteiger partial charge on any atom is -0.490 e. The van der Waals surface area contributed by atoms with Crippen LogP contribution in [0, 0.1) is 0 Å². The fourth-order valence-electron chi connectivity index (χ4n) is 4.33. The first kappa shape index (κ1) is 23.6. The second-order valence-electron chi connectivity index (χ2n) is 8.45. The van der Waals surface area contributed by atoms with Crippen molar-refractivity contribution in [2.75, 3.05) is 26.1 Å². The lowest BCUT2D eigenvalue weighted by atomic mass is 9.94. The number of likely N-dealkylation sites (N-methyl/N-ethyl adjacent to an activating group) is 1. The van der Waals surface area contributed by atoms with Gasteiger partial charge in [0.25, 0.3) is 5.91 Å². The Morgan fingerprint density at radius 1 is 1.15 bits per heavy atom. The van der Waals surface area contributed by atoms with E-state index in [1.54, 1.807) is 30.1 Å². The maximum atomic E-state index is 13.3. The summed E-state index contributed by atoms with van der Waals surface area (Å²) in [6.45, 7) is 0.639. The monoisotopic (exact) mass is 467 g/mol. The molecule has 0 spiro atoms. The summed E-state index contributed by atoms with van der Waals surface area (Å²) < 4.78 is 16.8. The Morgan fingerprint density at radius 3 is 2.71 bits per heavy atom. The molecule has 180 valence electrons. The molecule has 9 nitrogen and oxygen atoms in total. The highest BCUT2D eigenvalue weighted by Crippen LogP contribution is 2.32. The molecule has 0 aromatic heterocycles. The predicted octanol–water partition coefficient (Wildman–Crippen LogP) is 2.95. The molecule has 0 radical (unpaired) electrons. The van der Waals surface area contributed by atoms with Crippen LogP contribution in [-0.2, 0) is 20.8 Å². The number of anilines is 1. The SMILES string of the molecule is COC(=O)C[C@@H]1CC[C@@H]2[C@@H](COc3ccc(NC(=O)NCc4ccccc4)cc3C(=O)N2C)O1. The van der Waals surface area contributed by atoms with Gasteiger partial charge in [-0.05, 0) is 36.6 Å². The molecule has 3 atom stereocenters. The summed E-state index contributed by atoms with van der Waals surface area (Å²) in [5.41, 5.74) is 1.85. The number of urea groups is 1. The topological polar surface area (TPSA) is 106 Å². The molecule has 1 saturated heterocycles. The Hall–Kier alpha value is -3.59. The quantitative estimate of drug-likeness (QED) is 0.655. The number of nitrogens with zero attached hydrogens (tertiary/aromatic N) is 1. The van der Waals surface area contributed by atoms with Crippen molar-refractivity contribution in [2.24, 2.45) is 0 Å². The van der Waals surface area contributed by atoms with E-state index in [-0.39, 0.29) is 49.2 Å². The number of hydrogen-bond donors (Lipinski definition) is 2. The predicted molar refractivity (Wildman–Crippen MR) is 125 cm³/mol. The van der Waals surface area contributed by atoms with E-state index in [1.807, 2.05) is 30.3 Å². The summed E-state index contributed by atoms with van der Waals surface area (Å²) in [4.78, 5) is 38.9. The number of carbonyl (C=O) groups is 3. The third-order valence-electron chi connectivity index (χ3n) is 6.19. The van der Waals surface area contributed by atoms with Crippen molar-refractivity contribution < 1.29 is 28.6 Å². The van der Waals surface area contributed by atoms with Gasteiger partial charge >= 0.3 is 12.0 Å². The minimum atomic E-state index is -0.367. The zero-order chi connectivity index (χ0) is 24.1. The fraction of sp³-hybridized carbons (Fsp3) is 0.400. The zero-order valence-corrected chi connectivity index (χ0v) is 19.3. The summed E-state index contributed by atoms with van der Waals surface area (Å²) in [5.74, 6) is -0.116. The van der Waals surface area contributed by atoms with Gasteiger partial charge in [-0.3, -0.25) is 9.59 Å². The first-order valence-electron chi connectivity index (χ1n) is 11.3. The van der Waals surface area contributed by atoms with Gasteiger partial charge in [0.15, 0.2) is 0 Å². The van der Waals surface area contributed by atoms with Crippen molar-refractivity contribution >= 4 is 23.6 Å². The number of hydrogen-bond acceptors (Lipinski definition) is 6. The van der Waals surface area contributed by atoms with E-state index in [4.69, 9.17) is 14.2 Å². The van der Waals surface area contributed by atoms with Crippen LogP contribution in [0.3, 0.4) is 0 Å². The summed E-state index contributed by atoms with van der Waals surface area (Å²) in [6.07, 6.45) is 0.888. The molecule has 3 amide bonds. The van der Waals surface area contributed by atoms with Gasteiger partial charge in [0.05, 0.1) is 31.2 Å². The number of ether oxygens (including phenoxy) is 3. The van der Waals surface area contributed by atoms with Crippen LogP contribution in [0.2, 0.25) is 0 Å². The van der Waals surface area contributed by atoms with Gasteiger partial charge in [-0.15, -0.1) is 0 Å². The van der Waals surface area contributed by atoms with Crippen molar-refractivity contribution in [1.29, 1.82) is 0 Å². The second-order valence-corrected chi connectivity index (χ2v) is 8.45. The Morgan fingerprint density at radius 2 is 1.94 bits per heavy atom. The molecule has 2 aromatic rings. The van der Waals surface area contributed by atoms with Crippen LogP contribution in [0.25, 0.3) is 0 Å². The number of fused-ring (bicyclic) bond motifs is 2. The van der Waals surface area contributed by atoms with E-state index in [9.17, 15) is 14.4 Å². The van der Waals surface area contributed by atoms with Crippen molar-refractivity contribution in [3.05, 3.63) is 59.7 Å². The third kappa shape index (κ3) is 5.48. The number of carbonyl (C=O) groups excluding carboxylic acids is 3. The van der Waals surface area contributed by atoms with Crippen LogP contribution in [0.15, 0.2) is 48.5 Å². The average molecular weight is 468 g/mol. The Labute approximate surface area is 198 Å². The third-order valence-corrected chi connectivity index (χ3v) is 6.19. The molecular weight excluding hydrogens is 438 g/mol. The van der Waals surface area contributed by atoms with E-state index < -0.39 is 0 Å². The number of nitrogens with one attached hydrogen (secondary N) is 2. The highest BCUT2D eigenvalue weighted by atomic mass is 16.5. The second kappa shape index (κ2) is 10.6. The molecular formula is C25H29N3O6. The zero-order valence-electron chi connectivity index (χ0n) is 19.3. The molecule has 9 heteroatoms. The maximum Gasteiger partial charge on any atom is 0.319 e. The van der Waals surface area contributed by atoms with Crippen molar-refractivity contribution in [1.82, 2.24) is 10.2 Å². The molecule has 0 bridgehead atoms. The smallest absolute Gasteiger partial charge is 0.319 e. The molecule has 0 unspecified atom stereocenters. The molecule has 2 N–H and O–H groups in total. The van der Waals surface area contributed by atoms with E-state index in [0.29, 0.717) is 36.4 Å². The van der Waals surface area contributed by atoms with Crippen LogP contribution < -0.4 is 15.4 Å². The number of methoxy groups -OCH3 is 1. The minimum absolute atomic E-state index is 0.176. The lowest BCUT2D eigenvalue weighted by Crippen LogP contribution is -2.53. The summed E-state index contributed by atoms with van der Waals surface area (Å²) in [5, 5.41) is 5.58. The largest absolute Gasteiger partial charge is 0.490 e. The summed E-state index contributed by atoms with van der Waals surface area (Å²) >= 11 is 0. The molecule has 0 saturated carbocycles. The molecule has 2 aliphatic rings. The van der Waals surface area contributed by atoms with Gasteiger partial charge in [-0.1, -0.05) is 30.3 Å². The van der Waals surface area contributed by atoms with Gasteiger partial charge in [0, 0.05) is 19.3 Å². The molecule has 2 aromatic carbocycles. The van der Waals surface area contributed by atoms with Crippen LogP contribution in [0.5, 0.6) is 5.75 Å². The lowest BCUT2D eigenvalue weighted by Gasteiger charge is -2.42. The van der Waals surface area contributed by atoms with Gasteiger partial charge in [0.1, 0.15) is 18.5 Å². The Bertz CT molecular complexity index is 1040. The lowest BCUT2D eigenvalue weighted by molar-refractivity contribution is -0.151. The van der Waals surface area contributed by atoms with Gasteiger partial charge < -0.3 is 29.7 Å². The molecule has 34 heavy (non-hydrogen) atoms. The molecule has 4 rings (SSSR count). The molecule has 2 aliphatic heterocycles. The summed E-state index contributed by atoms with van der Waals surface area (Å²) in [7, 11) is 3.10. The van der Waals surface area contributed by atoms with Gasteiger partial charge in [0.2, 0.25) is 0 Å². The first-order chi connectivity index (χ1) is 16.4. The van der Waals surface area contributed by atoms with Crippen molar-refractivity contribution in [3.63, 3.8) is 0 Å². The number of amides is 3. The number of rotatable bonds is 5. The van der Waals surface area contributed by atoms with E-state index >= 15 is 0 Å². The summed E-state index contributed by atoms with van der Waals surface area (Å²) in [6, 6.07) is 14.0. The van der Waals surface area contributed by atoms with Crippen molar-refractivity contribution in [3.8, 4) is 5.75 Å². The first-order valence-corrected chi connectivity index (χ1v) is 11.3. The molecule has 2 heterocycles. The van der Waals surface area contributed by atoms with Crippen LogP contribution in [-0.4, -0.2) is 61.8 Å². The normalized spacial score (nSPS) is 21.8. The number of benzene rings is 2. The highest BCUT2D eigenvalue weighted by Gasteiger charge is 2.39. The van der Waals surface area contributed by atoms with Crippen molar-refractivity contribution in [2.45, 2.75) is 44.1 Å². The van der Waals surface area contributed by atoms with E-state index in [2.05, 4.69) is 10.6 Å². The standard InChI is InChI=1S/C25H29N3O6/c1-28-20-10-9-18(13-23(29)32-2)34-22(20)15-33-21-11-8-17(12-19(21)24(28)30)27-25(31)26-14-16-6-4-3-5-7-16/h3-8,11-12,18,20,22H,9-10,13-15H2,1-2H3,(H2,26,27,31)/t18-,20+,22+/m0/s1. The van der Waals surface area contributed by atoms with Crippen LogP contribution in [0.1, 0.15) is 35.2 Å². The van der Waals surface area contributed by atoms with Gasteiger partial charge in [-0.2, -0.15) is 0 Å². The maximum absolute atomic E-state index is 13.3. The Kier molecular flexibility index (Phi) is 7.32. The number of esters is 1.